The Morgan fingerprint density at radius 3 is 3.05 bits per heavy atom. The molecule has 114 valence electrons. The lowest BCUT2D eigenvalue weighted by molar-refractivity contribution is -0.116. The monoisotopic (exact) mass is 316 g/mol. The molecule has 3 N–H and O–H groups in total. The number of amides is 1. The molecule has 0 spiro atoms. The number of fused-ring (bicyclic) bond motifs is 2. The number of aromatic nitrogens is 3. The van der Waals surface area contributed by atoms with E-state index in [4.69, 9.17) is 0 Å². The second-order valence-corrected chi connectivity index (χ2v) is 6.61. The second kappa shape index (κ2) is 5.20. The van der Waals surface area contributed by atoms with E-state index < -0.39 is 0 Å². The molecule has 2 aliphatic rings. The number of rotatable bonds is 2. The number of hydrogen-bond acceptors (Lipinski definition) is 7. The van der Waals surface area contributed by atoms with Crippen molar-refractivity contribution in [1.82, 2.24) is 15.0 Å². The lowest BCUT2D eigenvalue weighted by Gasteiger charge is -2.24. The molecule has 7 nitrogen and oxygen atoms in total. The molecule has 2 aromatic rings. The highest BCUT2D eigenvalue weighted by atomic mass is 32.1. The Balaban J connectivity index is 1.65. The Bertz CT molecular complexity index is 719. The predicted molar refractivity (Wildman–Crippen MR) is 85.8 cm³/mol. The molecule has 0 saturated carbocycles. The van der Waals surface area contributed by atoms with Crippen LogP contribution in [0.1, 0.15) is 30.3 Å². The normalized spacial score (nSPS) is 19.7. The summed E-state index contributed by atoms with van der Waals surface area (Å²) >= 11 is 1.67. The van der Waals surface area contributed by atoms with Crippen LogP contribution in [0, 0.1) is 0 Å². The molecule has 1 aliphatic carbocycles. The van der Waals surface area contributed by atoms with Gasteiger partial charge in [0.05, 0.1) is 5.69 Å². The van der Waals surface area contributed by atoms with Gasteiger partial charge in [0.15, 0.2) is 16.8 Å². The van der Waals surface area contributed by atoms with Crippen molar-refractivity contribution in [3.63, 3.8) is 0 Å². The number of aryl methyl sites for hydroxylation is 2. The zero-order valence-corrected chi connectivity index (χ0v) is 13.0. The SMILES string of the molecule is CC1Nc2ncnc(Nc3nc4c(s3)CCCC4)c2NC1=O. The average molecular weight is 316 g/mol. The molecule has 0 bridgehead atoms. The summed E-state index contributed by atoms with van der Waals surface area (Å²) in [7, 11) is 0. The molecule has 3 heterocycles. The number of carbonyl (C=O) groups excluding carboxylic acids is 1. The summed E-state index contributed by atoms with van der Waals surface area (Å²) in [6.45, 7) is 1.79. The van der Waals surface area contributed by atoms with Gasteiger partial charge < -0.3 is 16.0 Å². The molecule has 1 unspecified atom stereocenters. The Morgan fingerprint density at radius 1 is 1.32 bits per heavy atom. The van der Waals surface area contributed by atoms with Crippen molar-refractivity contribution >= 4 is 39.7 Å². The minimum absolute atomic E-state index is 0.0937. The average Bonchev–Trinajstić information content (AvgIpc) is 2.91. The molecule has 4 rings (SSSR count). The Labute approximate surface area is 131 Å². The first-order chi connectivity index (χ1) is 10.7. The Morgan fingerprint density at radius 2 is 2.18 bits per heavy atom. The topological polar surface area (TPSA) is 91.8 Å². The summed E-state index contributed by atoms with van der Waals surface area (Å²) in [5, 5.41) is 9.96. The van der Waals surface area contributed by atoms with Crippen LogP contribution in [0.2, 0.25) is 0 Å². The highest BCUT2D eigenvalue weighted by molar-refractivity contribution is 7.15. The van der Waals surface area contributed by atoms with Crippen molar-refractivity contribution in [1.29, 1.82) is 0 Å². The van der Waals surface area contributed by atoms with Crippen LogP contribution >= 0.6 is 11.3 Å². The molecule has 22 heavy (non-hydrogen) atoms. The van der Waals surface area contributed by atoms with Crippen LogP contribution in [0.3, 0.4) is 0 Å². The summed E-state index contributed by atoms with van der Waals surface area (Å²) in [6.07, 6.45) is 6.07. The van der Waals surface area contributed by atoms with Crippen LogP contribution in [0.5, 0.6) is 0 Å². The minimum Gasteiger partial charge on any atom is -0.357 e. The highest BCUT2D eigenvalue weighted by Crippen LogP contribution is 2.35. The van der Waals surface area contributed by atoms with Gasteiger partial charge >= 0.3 is 0 Å². The molecule has 0 saturated heterocycles. The number of carbonyl (C=O) groups is 1. The first kappa shape index (κ1) is 13.4. The molecule has 2 aromatic heterocycles. The highest BCUT2D eigenvalue weighted by Gasteiger charge is 2.26. The van der Waals surface area contributed by atoms with E-state index in [1.54, 1.807) is 18.3 Å². The van der Waals surface area contributed by atoms with Gasteiger partial charge in [-0.2, -0.15) is 0 Å². The van der Waals surface area contributed by atoms with E-state index in [2.05, 4.69) is 30.9 Å². The quantitative estimate of drug-likeness (QED) is 0.787. The molecule has 0 fully saturated rings. The summed E-state index contributed by atoms with van der Waals surface area (Å²) in [5.41, 5.74) is 1.77. The van der Waals surface area contributed by atoms with Crippen molar-refractivity contribution in [3.8, 4) is 0 Å². The van der Waals surface area contributed by atoms with Gasteiger partial charge in [-0.1, -0.05) is 0 Å². The maximum atomic E-state index is 11.9. The third-order valence-electron chi connectivity index (χ3n) is 3.91. The van der Waals surface area contributed by atoms with E-state index in [0.29, 0.717) is 17.3 Å². The molecule has 1 atom stereocenters. The fourth-order valence-corrected chi connectivity index (χ4v) is 3.77. The molecule has 8 heteroatoms. The van der Waals surface area contributed by atoms with Crippen molar-refractivity contribution in [2.24, 2.45) is 0 Å². The van der Waals surface area contributed by atoms with Crippen molar-refractivity contribution < 1.29 is 4.79 Å². The molecule has 0 aromatic carbocycles. The Hall–Kier alpha value is -2.22. The van der Waals surface area contributed by atoms with Gasteiger partial charge in [0, 0.05) is 4.88 Å². The van der Waals surface area contributed by atoms with E-state index in [0.717, 1.165) is 18.0 Å². The lowest BCUT2D eigenvalue weighted by atomic mass is 10.0. The molecular weight excluding hydrogens is 300 g/mol. The largest absolute Gasteiger partial charge is 0.357 e. The number of nitrogens with zero attached hydrogens (tertiary/aromatic N) is 3. The number of anilines is 4. The molecule has 1 aliphatic heterocycles. The second-order valence-electron chi connectivity index (χ2n) is 5.52. The molecule has 1 amide bonds. The van der Waals surface area contributed by atoms with Crippen molar-refractivity contribution in [3.05, 3.63) is 16.9 Å². The smallest absolute Gasteiger partial charge is 0.246 e. The van der Waals surface area contributed by atoms with Gasteiger partial charge in [-0.3, -0.25) is 4.79 Å². The van der Waals surface area contributed by atoms with Gasteiger partial charge in [0.2, 0.25) is 5.91 Å². The molecule has 0 radical (unpaired) electrons. The third kappa shape index (κ3) is 2.29. The summed E-state index contributed by atoms with van der Waals surface area (Å²) in [5.74, 6) is 1.11. The number of hydrogen-bond donors (Lipinski definition) is 3. The van der Waals surface area contributed by atoms with Gasteiger partial charge in [-0.15, -0.1) is 11.3 Å². The summed E-state index contributed by atoms with van der Waals surface area (Å²) in [4.78, 5) is 26.3. The van der Waals surface area contributed by atoms with Crippen molar-refractivity contribution in [2.75, 3.05) is 16.0 Å². The summed E-state index contributed by atoms with van der Waals surface area (Å²) in [6, 6.07) is -0.303. The molecular formula is C14H16N6OS. The van der Waals surface area contributed by atoms with E-state index in [9.17, 15) is 4.79 Å². The van der Waals surface area contributed by atoms with Crippen LogP contribution in [0.4, 0.5) is 22.5 Å². The standard InChI is InChI=1S/C14H16N6OS/c1-7-13(21)19-10-11(17-7)15-6-16-12(10)20-14-18-8-4-2-3-5-9(8)22-14/h6-7H,2-5H2,1H3,(H,19,21)(H2,15,16,17,18,20). The minimum atomic E-state index is -0.303. The van der Waals surface area contributed by atoms with Crippen molar-refractivity contribution in [2.45, 2.75) is 38.6 Å². The van der Waals surface area contributed by atoms with E-state index in [1.165, 1.54) is 29.7 Å². The van der Waals surface area contributed by atoms with Crippen LogP contribution in [-0.2, 0) is 17.6 Å². The summed E-state index contributed by atoms with van der Waals surface area (Å²) < 4.78 is 0. The maximum Gasteiger partial charge on any atom is 0.246 e. The van der Waals surface area contributed by atoms with Gasteiger partial charge in [-0.25, -0.2) is 15.0 Å². The Kier molecular flexibility index (Phi) is 3.18. The van der Waals surface area contributed by atoms with Gasteiger partial charge in [0.1, 0.15) is 18.1 Å². The zero-order valence-electron chi connectivity index (χ0n) is 12.1. The number of thiazole rings is 1. The lowest BCUT2D eigenvalue weighted by Crippen LogP contribution is -2.37. The van der Waals surface area contributed by atoms with E-state index >= 15 is 0 Å². The van der Waals surface area contributed by atoms with Gasteiger partial charge in [-0.05, 0) is 32.6 Å². The maximum absolute atomic E-state index is 11.9. The van der Waals surface area contributed by atoms with Crippen LogP contribution < -0.4 is 16.0 Å². The van der Waals surface area contributed by atoms with Crippen LogP contribution in [0.15, 0.2) is 6.33 Å². The zero-order chi connectivity index (χ0) is 15.1. The van der Waals surface area contributed by atoms with Crippen LogP contribution in [0.25, 0.3) is 0 Å². The fraction of sp³-hybridized carbons (Fsp3) is 0.429. The van der Waals surface area contributed by atoms with E-state index in [1.807, 2.05) is 0 Å². The first-order valence-electron chi connectivity index (χ1n) is 7.39. The van der Waals surface area contributed by atoms with Crippen LogP contribution in [-0.4, -0.2) is 26.9 Å². The number of nitrogens with one attached hydrogen (secondary N) is 3. The van der Waals surface area contributed by atoms with E-state index in [-0.39, 0.29) is 11.9 Å². The third-order valence-corrected chi connectivity index (χ3v) is 4.99. The fourth-order valence-electron chi connectivity index (χ4n) is 2.72. The van der Waals surface area contributed by atoms with Gasteiger partial charge in [0.25, 0.3) is 0 Å². The predicted octanol–water partition coefficient (Wildman–Crippen LogP) is 2.31. The first-order valence-corrected chi connectivity index (χ1v) is 8.20.